The summed E-state index contributed by atoms with van der Waals surface area (Å²) in [5.41, 5.74) is 0.638. The maximum Gasteiger partial charge on any atom is 0.316 e. The van der Waals surface area contributed by atoms with Crippen molar-refractivity contribution in [3.63, 3.8) is 0 Å². The molecule has 2 N–H and O–H groups in total. The molecule has 2 aromatic carbocycles. The quantitative estimate of drug-likeness (QED) is 0.718. The van der Waals surface area contributed by atoms with Gasteiger partial charge in [-0.15, -0.1) is 0 Å². The number of anilines is 1. The standard InChI is InChI=1S/C18H16FN3O3/c1-3-22-15-7-5-11(8-14(15)21-17(24)18(22)25)16(23)20-12-6-4-10(2)13(19)9-12/h4-9H,3H2,1-2H3,(H,20,23)(H,21,24). The minimum atomic E-state index is -0.743. The van der Waals surface area contributed by atoms with E-state index in [1.807, 2.05) is 0 Å². The molecule has 3 rings (SSSR count). The zero-order valence-corrected chi connectivity index (χ0v) is 13.7. The summed E-state index contributed by atoms with van der Waals surface area (Å²) in [7, 11) is 0. The van der Waals surface area contributed by atoms with E-state index in [4.69, 9.17) is 0 Å². The van der Waals surface area contributed by atoms with Crippen LogP contribution in [-0.2, 0) is 6.54 Å². The van der Waals surface area contributed by atoms with Gasteiger partial charge in [-0.1, -0.05) is 6.07 Å². The largest absolute Gasteiger partial charge is 0.322 e. The number of H-pyrrole nitrogens is 1. The monoisotopic (exact) mass is 341 g/mol. The van der Waals surface area contributed by atoms with Gasteiger partial charge < -0.3 is 14.9 Å². The lowest BCUT2D eigenvalue weighted by molar-refractivity contribution is 0.102. The van der Waals surface area contributed by atoms with Crippen molar-refractivity contribution >= 4 is 22.6 Å². The van der Waals surface area contributed by atoms with Gasteiger partial charge in [0.2, 0.25) is 0 Å². The highest BCUT2D eigenvalue weighted by Gasteiger charge is 2.11. The van der Waals surface area contributed by atoms with Crippen LogP contribution in [0.25, 0.3) is 11.0 Å². The molecule has 0 radical (unpaired) electrons. The number of hydrogen-bond acceptors (Lipinski definition) is 3. The molecule has 3 aromatic rings. The van der Waals surface area contributed by atoms with Crippen molar-refractivity contribution < 1.29 is 9.18 Å². The minimum Gasteiger partial charge on any atom is -0.322 e. The van der Waals surface area contributed by atoms with E-state index in [0.717, 1.165) is 0 Å². The van der Waals surface area contributed by atoms with Crippen LogP contribution in [0.2, 0.25) is 0 Å². The summed E-state index contributed by atoms with van der Waals surface area (Å²) in [5.74, 6) is -0.854. The molecule has 25 heavy (non-hydrogen) atoms. The van der Waals surface area contributed by atoms with E-state index in [1.165, 1.54) is 16.7 Å². The van der Waals surface area contributed by atoms with Crippen LogP contribution < -0.4 is 16.4 Å². The zero-order chi connectivity index (χ0) is 18.1. The highest BCUT2D eigenvalue weighted by molar-refractivity contribution is 6.05. The second-order valence-electron chi connectivity index (χ2n) is 5.65. The number of halogens is 1. The van der Waals surface area contributed by atoms with Gasteiger partial charge in [0.25, 0.3) is 5.91 Å². The second kappa shape index (κ2) is 6.35. The number of benzene rings is 2. The third-order valence-corrected chi connectivity index (χ3v) is 3.98. The lowest BCUT2D eigenvalue weighted by atomic mass is 10.1. The summed E-state index contributed by atoms with van der Waals surface area (Å²) in [5, 5.41) is 2.61. The van der Waals surface area contributed by atoms with E-state index in [1.54, 1.807) is 38.1 Å². The van der Waals surface area contributed by atoms with Crippen LogP contribution >= 0.6 is 0 Å². The van der Waals surface area contributed by atoms with Crippen molar-refractivity contribution in [1.29, 1.82) is 0 Å². The summed E-state index contributed by atoms with van der Waals surface area (Å²) in [6, 6.07) is 9.05. The van der Waals surface area contributed by atoms with E-state index in [0.29, 0.717) is 28.8 Å². The molecule has 0 atom stereocenters. The van der Waals surface area contributed by atoms with Crippen LogP contribution in [-0.4, -0.2) is 15.5 Å². The van der Waals surface area contributed by atoms with Crippen molar-refractivity contribution in [3.8, 4) is 0 Å². The Labute approximate surface area is 141 Å². The molecule has 7 heteroatoms. The van der Waals surface area contributed by atoms with Crippen LogP contribution in [0.15, 0.2) is 46.0 Å². The topological polar surface area (TPSA) is 84.0 Å². The van der Waals surface area contributed by atoms with Crippen molar-refractivity contribution in [1.82, 2.24) is 9.55 Å². The number of rotatable bonds is 3. The third kappa shape index (κ3) is 3.08. The fourth-order valence-electron chi connectivity index (χ4n) is 2.61. The molecule has 128 valence electrons. The number of nitrogens with zero attached hydrogens (tertiary/aromatic N) is 1. The first kappa shape index (κ1) is 16.6. The number of aromatic nitrogens is 2. The number of nitrogens with one attached hydrogen (secondary N) is 2. The maximum atomic E-state index is 13.6. The SMILES string of the molecule is CCn1c(=O)c(=O)[nH]c2cc(C(=O)Nc3ccc(C)c(F)c3)ccc21. The first-order valence-electron chi connectivity index (χ1n) is 7.75. The zero-order valence-electron chi connectivity index (χ0n) is 13.7. The first-order valence-corrected chi connectivity index (χ1v) is 7.75. The fraction of sp³-hybridized carbons (Fsp3) is 0.167. The number of carbonyl (C=O) groups is 1. The lowest BCUT2D eigenvalue weighted by Crippen LogP contribution is -2.36. The van der Waals surface area contributed by atoms with Crippen molar-refractivity contribution in [2.24, 2.45) is 0 Å². The number of fused-ring (bicyclic) bond motifs is 1. The molecule has 6 nitrogen and oxygen atoms in total. The summed E-state index contributed by atoms with van der Waals surface area (Å²) in [6.07, 6.45) is 0. The highest BCUT2D eigenvalue weighted by atomic mass is 19.1. The first-order chi connectivity index (χ1) is 11.9. The maximum absolute atomic E-state index is 13.6. The Kier molecular flexibility index (Phi) is 4.22. The van der Waals surface area contributed by atoms with Gasteiger partial charge in [0, 0.05) is 17.8 Å². The van der Waals surface area contributed by atoms with E-state index in [-0.39, 0.29) is 5.56 Å². The normalized spacial score (nSPS) is 10.8. The summed E-state index contributed by atoms with van der Waals surface area (Å²) < 4.78 is 14.9. The number of aryl methyl sites for hydroxylation is 2. The Balaban J connectivity index is 1.99. The van der Waals surface area contributed by atoms with Crippen LogP contribution in [0.5, 0.6) is 0 Å². The fourth-order valence-corrected chi connectivity index (χ4v) is 2.61. The van der Waals surface area contributed by atoms with E-state index in [9.17, 15) is 18.8 Å². The number of amides is 1. The van der Waals surface area contributed by atoms with Gasteiger partial charge in [0.05, 0.1) is 11.0 Å². The predicted molar refractivity (Wildman–Crippen MR) is 93.6 cm³/mol. The van der Waals surface area contributed by atoms with Crippen LogP contribution in [0.3, 0.4) is 0 Å². The van der Waals surface area contributed by atoms with Gasteiger partial charge in [0.15, 0.2) is 0 Å². The van der Waals surface area contributed by atoms with Gasteiger partial charge in [-0.05, 0) is 49.7 Å². The molecule has 0 aliphatic carbocycles. The molecule has 1 aromatic heterocycles. The van der Waals surface area contributed by atoms with Gasteiger partial charge >= 0.3 is 11.1 Å². The lowest BCUT2D eigenvalue weighted by Gasteiger charge is -2.10. The molecular formula is C18H16FN3O3. The summed E-state index contributed by atoms with van der Waals surface area (Å²) >= 11 is 0. The van der Waals surface area contributed by atoms with E-state index >= 15 is 0 Å². The number of aromatic amines is 1. The Morgan fingerprint density at radius 2 is 1.96 bits per heavy atom. The molecule has 0 unspecified atom stereocenters. The Bertz CT molecular complexity index is 1100. The number of carbonyl (C=O) groups excluding carboxylic acids is 1. The average Bonchev–Trinajstić information content (AvgIpc) is 2.59. The van der Waals surface area contributed by atoms with E-state index < -0.39 is 22.8 Å². The van der Waals surface area contributed by atoms with Crippen molar-refractivity contribution in [2.45, 2.75) is 20.4 Å². The predicted octanol–water partition coefficient (Wildman–Crippen LogP) is 2.41. The van der Waals surface area contributed by atoms with Crippen molar-refractivity contribution in [3.05, 3.63) is 74.0 Å². The van der Waals surface area contributed by atoms with Gasteiger partial charge in [-0.25, -0.2) is 4.39 Å². The van der Waals surface area contributed by atoms with Gasteiger partial charge in [-0.3, -0.25) is 14.4 Å². The Hall–Kier alpha value is -3.22. The molecule has 0 saturated heterocycles. The van der Waals surface area contributed by atoms with Crippen LogP contribution in [0.1, 0.15) is 22.8 Å². The third-order valence-electron chi connectivity index (χ3n) is 3.98. The molecule has 0 aliphatic heterocycles. The van der Waals surface area contributed by atoms with Gasteiger partial charge in [-0.2, -0.15) is 0 Å². The van der Waals surface area contributed by atoms with Crippen molar-refractivity contribution in [2.75, 3.05) is 5.32 Å². The highest BCUT2D eigenvalue weighted by Crippen LogP contribution is 2.16. The molecule has 0 spiro atoms. The molecular weight excluding hydrogens is 325 g/mol. The van der Waals surface area contributed by atoms with Crippen LogP contribution in [0, 0.1) is 12.7 Å². The molecule has 0 aliphatic rings. The van der Waals surface area contributed by atoms with E-state index in [2.05, 4.69) is 10.3 Å². The molecule has 0 bridgehead atoms. The summed E-state index contributed by atoms with van der Waals surface area (Å²) in [4.78, 5) is 38.4. The Morgan fingerprint density at radius 3 is 2.64 bits per heavy atom. The molecule has 0 saturated carbocycles. The molecule has 0 fully saturated rings. The minimum absolute atomic E-state index is 0.283. The molecule has 1 heterocycles. The number of hydrogen-bond donors (Lipinski definition) is 2. The van der Waals surface area contributed by atoms with Crippen LogP contribution in [0.4, 0.5) is 10.1 Å². The molecule has 1 amide bonds. The average molecular weight is 341 g/mol. The second-order valence-corrected chi connectivity index (χ2v) is 5.65. The Morgan fingerprint density at radius 1 is 1.20 bits per heavy atom. The van der Waals surface area contributed by atoms with Gasteiger partial charge in [0.1, 0.15) is 5.82 Å². The smallest absolute Gasteiger partial charge is 0.316 e. The summed E-state index contributed by atoms with van der Waals surface area (Å²) in [6.45, 7) is 3.73.